The summed E-state index contributed by atoms with van der Waals surface area (Å²) in [6.45, 7) is 3.65. The van der Waals surface area contributed by atoms with Gasteiger partial charge in [0.05, 0.1) is 6.61 Å². The van der Waals surface area contributed by atoms with Gasteiger partial charge in [0.25, 0.3) is 0 Å². The number of ether oxygens (including phenoxy) is 1. The van der Waals surface area contributed by atoms with Crippen molar-refractivity contribution in [3.63, 3.8) is 0 Å². The van der Waals surface area contributed by atoms with E-state index in [4.69, 9.17) is 29.1 Å². The van der Waals surface area contributed by atoms with E-state index in [1.54, 1.807) is 6.92 Å². The van der Waals surface area contributed by atoms with Gasteiger partial charge in [-0.05, 0) is 6.92 Å². The van der Waals surface area contributed by atoms with Crippen LogP contribution >= 0.6 is 29.1 Å². The molecular formula is C4H8Cl3O2Ru. The van der Waals surface area contributed by atoms with E-state index in [9.17, 15) is 4.79 Å². The molecule has 0 unspecified atom stereocenters. The van der Waals surface area contributed by atoms with Gasteiger partial charge in [0, 0.05) is 6.92 Å². The maximum absolute atomic E-state index is 9.82. The summed E-state index contributed by atoms with van der Waals surface area (Å²) in [4.78, 5) is 9.82. The van der Waals surface area contributed by atoms with Gasteiger partial charge in [-0.1, -0.05) is 0 Å². The zero-order chi connectivity index (χ0) is 8.57. The summed E-state index contributed by atoms with van der Waals surface area (Å²) in [6.07, 6.45) is 0. The van der Waals surface area contributed by atoms with E-state index in [-0.39, 0.29) is 5.97 Å². The number of rotatable bonds is 1. The van der Waals surface area contributed by atoms with Gasteiger partial charge in [-0.3, -0.25) is 4.79 Å². The number of halogens is 3. The van der Waals surface area contributed by atoms with Gasteiger partial charge >= 0.3 is 48.0 Å². The van der Waals surface area contributed by atoms with Crippen molar-refractivity contribution in [2.24, 2.45) is 0 Å². The van der Waals surface area contributed by atoms with Crippen LogP contribution in [0.4, 0.5) is 0 Å². The zero-order valence-electron chi connectivity index (χ0n) is 5.51. The van der Waals surface area contributed by atoms with Gasteiger partial charge in [-0.2, -0.15) is 0 Å². The molecule has 0 spiro atoms. The number of carbonyl (C=O) groups is 1. The van der Waals surface area contributed by atoms with Crippen LogP contribution in [-0.4, -0.2) is 12.6 Å². The Bertz CT molecular complexity index is 85.8. The fraction of sp³-hybridized carbons (Fsp3) is 0.750. The van der Waals surface area contributed by atoms with Crippen LogP contribution in [0.15, 0.2) is 0 Å². The molecule has 0 aliphatic rings. The summed E-state index contributed by atoms with van der Waals surface area (Å²) in [5.41, 5.74) is 0. The molecule has 0 fully saturated rings. The van der Waals surface area contributed by atoms with Crippen LogP contribution in [-0.2, 0) is 22.5 Å². The summed E-state index contributed by atoms with van der Waals surface area (Å²) in [7, 11) is 14.8. The second-order valence-corrected chi connectivity index (χ2v) is 8.99. The van der Waals surface area contributed by atoms with E-state index >= 15 is 0 Å². The molecule has 65 valence electrons. The summed E-state index contributed by atoms with van der Waals surface area (Å²) in [5, 5.41) is 0. The Morgan fingerprint density at radius 1 is 1.50 bits per heavy atom. The Balaban J connectivity index is 0. The molecule has 0 saturated heterocycles. The zero-order valence-corrected chi connectivity index (χ0v) is 9.52. The maximum atomic E-state index is 9.82. The SMILES string of the molecule is CCOC(C)=O.[Cl][Ru]([Cl])[Cl]. The quantitative estimate of drug-likeness (QED) is 0.549. The predicted molar refractivity (Wildman–Crippen MR) is 39.9 cm³/mol. The van der Waals surface area contributed by atoms with Gasteiger partial charge in [-0.15, -0.1) is 0 Å². The molecule has 0 amide bonds. The van der Waals surface area contributed by atoms with Gasteiger partial charge in [0.1, 0.15) is 0 Å². The van der Waals surface area contributed by atoms with E-state index in [0.717, 1.165) is 0 Å². The molecule has 0 bridgehead atoms. The van der Waals surface area contributed by atoms with Crippen LogP contribution < -0.4 is 0 Å². The van der Waals surface area contributed by atoms with Crippen LogP contribution in [0.2, 0.25) is 0 Å². The van der Waals surface area contributed by atoms with E-state index in [0.29, 0.717) is 6.61 Å². The van der Waals surface area contributed by atoms with Crippen molar-refractivity contribution in [2.45, 2.75) is 13.8 Å². The minimum absolute atomic E-state index is 0.211. The first-order valence-electron chi connectivity index (χ1n) is 2.30. The van der Waals surface area contributed by atoms with Crippen molar-refractivity contribution >= 4 is 35.0 Å². The summed E-state index contributed by atoms with van der Waals surface area (Å²) in [6, 6.07) is 0. The minimum atomic E-state index is -1.75. The average Bonchev–Trinajstić information content (AvgIpc) is 1.62. The molecule has 2 nitrogen and oxygen atoms in total. The standard InChI is InChI=1S/C4H8O2.3ClH.Ru/c1-3-6-4(2)5;;;;/h3H2,1-2H3;3*1H;/q;;;;+3/p-3. The molecule has 0 aliphatic carbocycles. The van der Waals surface area contributed by atoms with Crippen LogP contribution in [0, 0.1) is 0 Å². The van der Waals surface area contributed by atoms with Crippen molar-refractivity contribution in [1.29, 1.82) is 0 Å². The van der Waals surface area contributed by atoms with Crippen molar-refractivity contribution in [3.05, 3.63) is 0 Å². The first-order chi connectivity index (χ1) is 4.50. The Labute approximate surface area is 77.8 Å². The second kappa shape index (κ2) is 9.96. The number of carbonyl (C=O) groups excluding carboxylic acids is 1. The van der Waals surface area contributed by atoms with Crippen LogP contribution in [0.5, 0.6) is 0 Å². The molecule has 6 heteroatoms. The molecule has 0 N–H and O–H groups in total. The Kier molecular flexibility index (Phi) is 13.5. The summed E-state index contributed by atoms with van der Waals surface area (Å²) in [5.74, 6) is -0.211. The van der Waals surface area contributed by atoms with Gasteiger partial charge in [0.15, 0.2) is 0 Å². The average molecular weight is 296 g/mol. The molecular weight excluding hydrogens is 287 g/mol. The molecule has 0 atom stereocenters. The molecule has 0 rings (SSSR count). The van der Waals surface area contributed by atoms with Crippen molar-refractivity contribution in [1.82, 2.24) is 0 Å². The first kappa shape index (κ1) is 13.5. The fourth-order valence-corrected chi connectivity index (χ4v) is 0.203. The molecule has 0 aromatic heterocycles. The Morgan fingerprint density at radius 2 is 1.80 bits per heavy atom. The monoisotopic (exact) mass is 295 g/mol. The molecule has 0 saturated carbocycles. The van der Waals surface area contributed by atoms with Gasteiger partial charge in [-0.25, -0.2) is 0 Å². The normalized spacial score (nSPS) is 9.10. The third-order valence-electron chi connectivity index (χ3n) is 0.348. The Morgan fingerprint density at radius 3 is 1.80 bits per heavy atom. The predicted octanol–water partition coefficient (Wildman–Crippen LogP) is 2.64. The Hall–Kier alpha value is 0.963. The molecule has 10 heavy (non-hydrogen) atoms. The van der Waals surface area contributed by atoms with Gasteiger partial charge in [0.2, 0.25) is 0 Å². The number of hydrogen-bond acceptors (Lipinski definition) is 2. The van der Waals surface area contributed by atoms with Crippen LogP contribution in [0.3, 0.4) is 0 Å². The van der Waals surface area contributed by atoms with Gasteiger partial charge < -0.3 is 4.74 Å². The van der Waals surface area contributed by atoms with Crippen molar-refractivity contribution in [3.8, 4) is 0 Å². The molecule has 0 aromatic rings. The fourth-order valence-electron chi connectivity index (χ4n) is 0.203. The van der Waals surface area contributed by atoms with Crippen molar-refractivity contribution in [2.75, 3.05) is 6.61 Å². The topological polar surface area (TPSA) is 26.3 Å². The second-order valence-electron chi connectivity index (χ2n) is 1.08. The van der Waals surface area contributed by atoms with Crippen LogP contribution in [0.25, 0.3) is 0 Å². The molecule has 0 radical (unpaired) electrons. The molecule has 0 aliphatic heterocycles. The van der Waals surface area contributed by atoms with Crippen molar-refractivity contribution < 1.29 is 22.5 Å². The van der Waals surface area contributed by atoms with E-state index < -0.39 is 13.0 Å². The third-order valence-corrected chi connectivity index (χ3v) is 0.348. The third kappa shape index (κ3) is 36.2. The van der Waals surface area contributed by atoms with E-state index in [2.05, 4.69) is 4.74 Å². The van der Waals surface area contributed by atoms with E-state index in [1.807, 2.05) is 0 Å². The molecule has 0 aromatic carbocycles. The number of hydrogen-bond donors (Lipinski definition) is 0. The molecule has 0 heterocycles. The number of esters is 1. The first-order valence-corrected chi connectivity index (χ1v) is 9.02. The summed E-state index contributed by atoms with van der Waals surface area (Å²) >= 11 is -1.75. The summed E-state index contributed by atoms with van der Waals surface area (Å²) < 4.78 is 4.40. The van der Waals surface area contributed by atoms with Crippen LogP contribution in [0.1, 0.15) is 13.8 Å². The van der Waals surface area contributed by atoms with E-state index in [1.165, 1.54) is 6.92 Å².